The van der Waals surface area contributed by atoms with Crippen molar-refractivity contribution in [2.24, 2.45) is 0 Å². The molecule has 1 aromatic carbocycles. The van der Waals surface area contributed by atoms with Gasteiger partial charge < -0.3 is 16.4 Å². The van der Waals surface area contributed by atoms with Crippen LogP contribution in [0.4, 0.5) is 17.1 Å². The van der Waals surface area contributed by atoms with E-state index in [9.17, 15) is 9.59 Å². The fraction of sp³-hybridized carbons (Fsp3) is 0.133. The molecule has 0 aliphatic carbocycles. The van der Waals surface area contributed by atoms with Crippen molar-refractivity contribution < 1.29 is 9.59 Å². The number of hydrogen-bond donors (Lipinski definition) is 3. The highest BCUT2D eigenvalue weighted by Crippen LogP contribution is 2.20. The molecule has 2 rings (SSSR count). The van der Waals surface area contributed by atoms with E-state index in [-0.39, 0.29) is 17.5 Å². The van der Waals surface area contributed by atoms with Crippen LogP contribution >= 0.6 is 0 Å². The van der Waals surface area contributed by atoms with Crippen LogP contribution in [0, 0.1) is 6.92 Å². The quantitative estimate of drug-likeness (QED) is 0.804. The summed E-state index contributed by atoms with van der Waals surface area (Å²) in [4.78, 5) is 27.1. The third-order valence-electron chi connectivity index (χ3n) is 2.85. The molecule has 0 bridgehead atoms. The van der Waals surface area contributed by atoms with Gasteiger partial charge in [-0.2, -0.15) is 0 Å². The van der Waals surface area contributed by atoms with Crippen molar-refractivity contribution in [3.63, 3.8) is 0 Å². The summed E-state index contributed by atoms with van der Waals surface area (Å²) in [7, 11) is 0. The smallest absolute Gasteiger partial charge is 0.276 e. The Labute approximate surface area is 122 Å². The van der Waals surface area contributed by atoms with Gasteiger partial charge in [0.1, 0.15) is 0 Å². The molecule has 0 aliphatic heterocycles. The number of aromatic nitrogens is 1. The molecule has 0 aliphatic rings. The predicted molar refractivity (Wildman–Crippen MR) is 82.1 cm³/mol. The highest BCUT2D eigenvalue weighted by Gasteiger charge is 2.11. The minimum absolute atomic E-state index is 0.142. The van der Waals surface area contributed by atoms with Crippen molar-refractivity contribution in [2.75, 3.05) is 16.4 Å². The molecular formula is C15H16N4O2. The highest BCUT2D eigenvalue weighted by atomic mass is 16.2. The molecule has 1 aromatic heterocycles. The zero-order chi connectivity index (χ0) is 15.4. The van der Waals surface area contributed by atoms with Crippen LogP contribution < -0.4 is 16.4 Å². The first-order chi connectivity index (χ1) is 9.97. The largest absolute Gasteiger partial charge is 0.397 e. The summed E-state index contributed by atoms with van der Waals surface area (Å²) in [6.45, 7) is 3.29. The molecule has 21 heavy (non-hydrogen) atoms. The zero-order valence-electron chi connectivity index (χ0n) is 11.8. The van der Waals surface area contributed by atoms with Gasteiger partial charge in [0.05, 0.1) is 5.69 Å². The summed E-state index contributed by atoms with van der Waals surface area (Å²) in [6, 6.07) is 8.48. The van der Waals surface area contributed by atoms with E-state index in [0.717, 1.165) is 5.56 Å². The van der Waals surface area contributed by atoms with Crippen molar-refractivity contribution in [1.29, 1.82) is 0 Å². The molecule has 1 heterocycles. The van der Waals surface area contributed by atoms with E-state index in [1.165, 1.54) is 13.1 Å². The number of benzene rings is 1. The first-order valence-corrected chi connectivity index (χ1v) is 6.37. The molecule has 4 N–H and O–H groups in total. The lowest BCUT2D eigenvalue weighted by molar-refractivity contribution is -0.114. The Morgan fingerprint density at radius 1 is 1.19 bits per heavy atom. The van der Waals surface area contributed by atoms with Gasteiger partial charge in [0, 0.05) is 24.5 Å². The van der Waals surface area contributed by atoms with Crippen LogP contribution in [0.15, 0.2) is 36.5 Å². The average Bonchev–Trinajstić information content (AvgIpc) is 2.42. The number of carbonyl (C=O) groups excluding carboxylic acids is 2. The maximum atomic E-state index is 12.1. The van der Waals surface area contributed by atoms with Crippen LogP contribution in [0.3, 0.4) is 0 Å². The number of rotatable bonds is 3. The molecular weight excluding hydrogens is 268 g/mol. The van der Waals surface area contributed by atoms with E-state index in [2.05, 4.69) is 15.6 Å². The molecule has 6 nitrogen and oxygen atoms in total. The van der Waals surface area contributed by atoms with Crippen molar-refractivity contribution in [1.82, 2.24) is 4.98 Å². The van der Waals surface area contributed by atoms with Gasteiger partial charge >= 0.3 is 0 Å². The second-order valence-corrected chi connectivity index (χ2v) is 4.61. The van der Waals surface area contributed by atoms with E-state index in [1.54, 1.807) is 30.3 Å². The number of nitrogen functional groups attached to an aromatic ring is 1. The summed E-state index contributed by atoms with van der Waals surface area (Å²) >= 11 is 0. The third-order valence-corrected chi connectivity index (χ3v) is 2.85. The Kier molecular flexibility index (Phi) is 4.18. The number of nitrogens with one attached hydrogen (secondary N) is 2. The Balaban J connectivity index is 2.17. The molecule has 0 atom stereocenters. The Bertz CT molecular complexity index is 698. The fourth-order valence-electron chi connectivity index (χ4n) is 1.87. The van der Waals surface area contributed by atoms with Crippen LogP contribution in [-0.4, -0.2) is 16.8 Å². The summed E-state index contributed by atoms with van der Waals surface area (Å²) in [5.41, 5.74) is 8.37. The minimum Gasteiger partial charge on any atom is -0.397 e. The monoisotopic (exact) mass is 284 g/mol. The molecule has 0 saturated carbocycles. The normalized spacial score (nSPS) is 10.0. The van der Waals surface area contributed by atoms with Gasteiger partial charge in [-0.15, -0.1) is 0 Å². The lowest BCUT2D eigenvalue weighted by Crippen LogP contribution is -2.16. The first kappa shape index (κ1) is 14.5. The topological polar surface area (TPSA) is 97.1 Å². The number of aryl methyl sites for hydroxylation is 1. The number of nitrogens with zero attached hydrogens (tertiary/aromatic N) is 1. The molecule has 6 heteroatoms. The van der Waals surface area contributed by atoms with Gasteiger partial charge in [-0.1, -0.05) is 0 Å². The van der Waals surface area contributed by atoms with Gasteiger partial charge in [-0.3, -0.25) is 9.59 Å². The Hall–Kier alpha value is -2.89. The fourth-order valence-corrected chi connectivity index (χ4v) is 1.87. The van der Waals surface area contributed by atoms with Gasteiger partial charge in [-0.05, 0) is 42.8 Å². The number of nitrogens with two attached hydrogens (primary N) is 1. The van der Waals surface area contributed by atoms with Crippen molar-refractivity contribution in [3.05, 3.63) is 47.8 Å². The van der Waals surface area contributed by atoms with E-state index in [0.29, 0.717) is 17.1 Å². The second kappa shape index (κ2) is 6.04. The van der Waals surface area contributed by atoms with Crippen LogP contribution in [0.1, 0.15) is 23.0 Å². The van der Waals surface area contributed by atoms with Crippen LogP contribution in [0.2, 0.25) is 0 Å². The molecule has 2 amide bonds. The lowest BCUT2D eigenvalue weighted by Gasteiger charge is -2.10. The van der Waals surface area contributed by atoms with Crippen LogP contribution in [0.5, 0.6) is 0 Å². The second-order valence-electron chi connectivity index (χ2n) is 4.61. The van der Waals surface area contributed by atoms with Crippen molar-refractivity contribution >= 4 is 28.9 Å². The maximum Gasteiger partial charge on any atom is 0.276 e. The summed E-state index contributed by atoms with van der Waals surface area (Å²) in [6.07, 6.45) is 1.51. The summed E-state index contributed by atoms with van der Waals surface area (Å²) in [5, 5.41) is 5.44. The molecule has 108 valence electrons. The highest BCUT2D eigenvalue weighted by molar-refractivity contribution is 6.06. The zero-order valence-corrected chi connectivity index (χ0v) is 11.8. The number of carbonyl (C=O) groups is 2. The average molecular weight is 284 g/mol. The van der Waals surface area contributed by atoms with Crippen LogP contribution in [-0.2, 0) is 4.79 Å². The number of amides is 2. The Morgan fingerprint density at radius 2 is 1.95 bits per heavy atom. The predicted octanol–water partition coefficient (Wildman–Crippen LogP) is 2.18. The van der Waals surface area contributed by atoms with E-state index in [4.69, 9.17) is 5.73 Å². The lowest BCUT2D eigenvalue weighted by atomic mass is 10.1. The molecule has 2 aromatic rings. The van der Waals surface area contributed by atoms with Crippen molar-refractivity contribution in [3.8, 4) is 0 Å². The standard InChI is InChI=1S/C15H16N4O2/c1-9-8-11(5-6-13(9)18-10(2)20)19-15(21)14-12(16)4-3-7-17-14/h3-8H,16H2,1-2H3,(H,18,20)(H,19,21). The number of anilines is 3. The van der Waals surface area contributed by atoms with Gasteiger partial charge in [0.25, 0.3) is 5.91 Å². The van der Waals surface area contributed by atoms with E-state index >= 15 is 0 Å². The molecule has 0 spiro atoms. The summed E-state index contributed by atoms with van der Waals surface area (Å²) in [5.74, 6) is -0.518. The SMILES string of the molecule is CC(=O)Nc1ccc(NC(=O)c2ncccc2N)cc1C. The van der Waals surface area contributed by atoms with E-state index < -0.39 is 0 Å². The number of pyridine rings is 1. The first-order valence-electron chi connectivity index (χ1n) is 6.37. The number of hydrogen-bond acceptors (Lipinski definition) is 4. The molecule has 0 unspecified atom stereocenters. The maximum absolute atomic E-state index is 12.1. The van der Waals surface area contributed by atoms with Gasteiger partial charge in [-0.25, -0.2) is 4.98 Å². The van der Waals surface area contributed by atoms with Gasteiger partial charge in [0.15, 0.2) is 5.69 Å². The third kappa shape index (κ3) is 3.56. The van der Waals surface area contributed by atoms with Crippen molar-refractivity contribution in [2.45, 2.75) is 13.8 Å². The minimum atomic E-state index is -0.375. The molecule has 0 radical (unpaired) electrons. The Morgan fingerprint density at radius 3 is 2.57 bits per heavy atom. The molecule has 0 saturated heterocycles. The van der Waals surface area contributed by atoms with Gasteiger partial charge in [0.2, 0.25) is 5.91 Å². The molecule has 0 fully saturated rings. The van der Waals surface area contributed by atoms with Crippen LogP contribution in [0.25, 0.3) is 0 Å². The summed E-state index contributed by atoms with van der Waals surface area (Å²) < 4.78 is 0. The van der Waals surface area contributed by atoms with E-state index in [1.807, 2.05) is 6.92 Å².